The molecule has 1 aromatic rings. The molecule has 0 saturated carbocycles. The molecule has 0 atom stereocenters. The van der Waals surface area contributed by atoms with Crippen molar-refractivity contribution in [2.24, 2.45) is 0 Å². The summed E-state index contributed by atoms with van der Waals surface area (Å²) in [5, 5.41) is 0. The van der Waals surface area contributed by atoms with Gasteiger partial charge < -0.3 is 4.90 Å². The zero-order chi connectivity index (χ0) is 14.8. The summed E-state index contributed by atoms with van der Waals surface area (Å²) in [5.41, 5.74) is 1.90. The molecule has 0 radical (unpaired) electrons. The molecule has 1 fully saturated rings. The second kappa shape index (κ2) is 6.24. The van der Waals surface area contributed by atoms with Crippen LogP contribution in [0.4, 0.5) is 0 Å². The molecule has 1 saturated heterocycles. The van der Waals surface area contributed by atoms with E-state index in [2.05, 4.69) is 4.90 Å². The van der Waals surface area contributed by atoms with Gasteiger partial charge in [-0.25, -0.2) is 8.42 Å². The lowest BCUT2D eigenvalue weighted by atomic mass is 10.2. The first-order chi connectivity index (χ1) is 9.41. The van der Waals surface area contributed by atoms with Crippen LogP contribution in [-0.2, 0) is 10.0 Å². The number of benzene rings is 1. The highest BCUT2D eigenvalue weighted by Crippen LogP contribution is 2.20. The third-order valence-electron chi connectivity index (χ3n) is 3.95. The Labute approximate surface area is 122 Å². The van der Waals surface area contributed by atoms with E-state index in [4.69, 9.17) is 0 Å². The number of hydrogen-bond donors (Lipinski definition) is 0. The molecule has 0 amide bonds. The number of aryl methyl sites for hydroxylation is 2. The van der Waals surface area contributed by atoms with Crippen LogP contribution in [0.2, 0.25) is 0 Å². The molecule has 0 aliphatic carbocycles. The highest BCUT2D eigenvalue weighted by atomic mass is 32.2. The summed E-state index contributed by atoms with van der Waals surface area (Å²) >= 11 is 0. The maximum atomic E-state index is 12.6. The van der Waals surface area contributed by atoms with Crippen LogP contribution in [0.3, 0.4) is 0 Å². The molecular weight excluding hydrogens is 272 g/mol. The van der Waals surface area contributed by atoms with Crippen LogP contribution in [0, 0.1) is 13.8 Å². The predicted molar refractivity (Wildman–Crippen MR) is 81.4 cm³/mol. The van der Waals surface area contributed by atoms with Crippen molar-refractivity contribution >= 4 is 10.0 Å². The molecule has 0 unspecified atom stereocenters. The molecule has 112 valence electrons. The Balaban J connectivity index is 2.08. The van der Waals surface area contributed by atoms with Gasteiger partial charge in [0.2, 0.25) is 10.0 Å². The zero-order valence-electron chi connectivity index (χ0n) is 12.6. The maximum Gasteiger partial charge on any atom is 0.243 e. The zero-order valence-corrected chi connectivity index (χ0v) is 13.4. The van der Waals surface area contributed by atoms with Crippen LogP contribution in [0.5, 0.6) is 0 Å². The molecule has 1 aromatic carbocycles. The topological polar surface area (TPSA) is 40.6 Å². The molecule has 0 spiro atoms. The summed E-state index contributed by atoms with van der Waals surface area (Å²) in [7, 11) is -1.70. The molecular formula is C15H24N2O2S. The van der Waals surface area contributed by atoms with E-state index >= 15 is 0 Å². The largest absolute Gasteiger partial charge is 0.302 e. The number of nitrogens with zero attached hydrogens (tertiary/aromatic N) is 2. The highest BCUT2D eigenvalue weighted by Gasteiger charge is 2.23. The SMILES string of the molecule is Cc1ccc(S(=O)(=O)N(C)CCN2CCCC2)c(C)c1. The summed E-state index contributed by atoms with van der Waals surface area (Å²) in [5.74, 6) is 0. The second-order valence-electron chi connectivity index (χ2n) is 5.64. The number of sulfonamides is 1. The summed E-state index contributed by atoms with van der Waals surface area (Å²) in [6.07, 6.45) is 2.46. The molecule has 5 heteroatoms. The fourth-order valence-corrected chi connectivity index (χ4v) is 4.03. The van der Waals surface area contributed by atoms with Crippen LogP contribution < -0.4 is 0 Å². The molecule has 0 bridgehead atoms. The molecule has 4 nitrogen and oxygen atoms in total. The van der Waals surface area contributed by atoms with Crippen molar-refractivity contribution in [1.29, 1.82) is 0 Å². The Morgan fingerprint density at radius 2 is 1.85 bits per heavy atom. The fourth-order valence-electron chi connectivity index (χ4n) is 2.67. The van der Waals surface area contributed by atoms with E-state index in [1.165, 1.54) is 17.1 Å². The number of likely N-dealkylation sites (N-methyl/N-ethyl adjacent to an activating group) is 1. The van der Waals surface area contributed by atoms with Crippen molar-refractivity contribution in [3.63, 3.8) is 0 Å². The van der Waals surface area contributed by atoms with Gasteiger partial charge in [-0.1, -0.05) is 17.7 Å². The van der Waals surface area contributed by atoms with E-state index in [0.717, 1.165) is 30.8 Å². The predicted octanol–water partition coefficient (Wildman–Crippen LogP) is 2.02. The summed E-state index contributed by atoms with van der Waals surface area (Å²) in [6.45, 7) is 7.39. The van der Waals surface area contributed by atoms with E-state index in [9.17, 15) is 8.42 Å². The molecule has 0 N–H and O–H groups in total. The number of likely N-dealkylation sites (tertiary alicyclic amines) is 1. The standard InChI is InChI=1S/C15H24N2O2S/c1-13-6-7-15(14(2)12-13)20(18,19)16(3)10-11-17-8-4-5-9-17/h6-7,12H,4-5,8-11H2,1-3H3. The summed E-state index contributed by atoms with van der Waals surface area (Å²) in [4.78, 5) is 2.75. The van der Waals surface area contributed by atoms with Crippen molar-refractivity contribution < 1.29 is 8.42 Å². The molecule has 20 heavy (non-hydrogen) atoms. The van der Waals surface area contributed by atoms with Gasteiger partial charge >= 0.3 is 0 Å². The average Bonchev–Trinajstić information content (AvgIpc) is 2.88. The van der Waals surface area contributed by atoms with Crippen molar-refractivity contribution in [2.75, 3.05) is 33.2 Å². The maximum absolute atomic E-state index is 12.6. The van der Waals surface area contributed by atoms with Crippen molar-refractivity contribution in [1.82, 2.24) is 9.21 Å². The Morgan fingerprint density at radius 3 is 2.45 bits per heavy atom. The molecule has 2 rings (SSSR count). The third-order valence-corrected chi connectivity index (χ3v) is 5.97. The van der Waals surface area contributed by atoms with E-state index in [1.807, 2.05) is 26.0 Å². The first-order valence-electron chi connectivity index (χ1n) is 7.17. The van der Waals surface area contributed by atoms with E-state index in [-0.39, 0.29) is 0 Å². The second-order valence-corrected chi connectivity index (χ2v) is 7.66. The van der Waals surface area contributed by atoms with Crippen LogP contribution in [0.25, 0.3) is 0 Å². The monoisotopic (exact) mass is 296 g/mol. The minimum atomic E-state index is -3.37. The van der Waals surface area contributed by atoms with Gasteiger partial charge in [0.1, 0.15) is 0 Å². The first kappa shape index (κ1) is 15.5. The lowest BCUT2D eigenvalue weighted by molar-refractivity contribution is 0.310. The number of hydrogen-bond acceptors (Lipinski definition) is 3. The third kappa shape index (κ3) is 3.40. The van der Waals surface area contributed by atoms with Gasteiger partial charge in [-0.05, 0) is 51.4 Å². The minimum Gasteiger partial charge on any atom is -0.302 e. The number of rotatable bonds is 5. The van der Waals surface area contributed by atoms with Gasteiger partial charge in [-0.15, -0.1) is 0 Å². The van der Waals surface area contributed by atoms with Gasteiger partial charge in [0, 0.05) is 20.1 Å². The lowest BCUT2D eigenvalue weighted by Gasteiger charge is -2.22. The Morgan fingerprint density at radius 1 is 1.20 bits per heavy atom. The van der Waals surface area contributed by atoms with Crippen LogP contribution >= 0.6 is 0 Å². The molecule has 1 aliphatic heterocycles. The fraction of sp³-hybridized carbons (Fsp3) is 0.600. The van der Waals surface area contributed by atoms with Crippen molar-refractivity contribution in [3.05, 3.63) is 29.3 Å². The normalized spacial score (nSPS) is 17.0. The van der Waals surface area contributed by atoms with Gasteiger partial charge in [0.25, 0.3) is 0 Å². The van der Waals surface area contributed by atoms with Crippen LogP contribution in [0.15, 0.2) is 23.1 Å². The molecule has 1 heterocycles. The molecule has 0 aromatic heterocycles. The highest BCUT2D eigenvalue weighted by molar-refractivity contribution is 7.89. The van der Waals surface area contributed by atoms with Gasteiger partial charge in [0.15, 0.2) is 0 Å². The van der Waals surface area contributed by atoms with Crippen LogP contribution in [0.1, 0.15) is 24.0 Å². The average molecular weight is 296 g/mol. The van der Waals surface area contributed by atoms with E-state index < -0.39 is 10.0 Å². The van der Waals surface area contributed by atoms with Crippen LogP contribution in [-0.4, -0.2) is 50.8 Å². The Hall–Kier alpha value is -0.910. The van der Waals surface area contributed by atoms with Crippen molar-refractivity contribution in [3.8, 4) is 0 Å². The summed E-state index contributed by atoms with van der Waals surface area (Å²) in [6, 6.07) is 5.49. The minimum absolute atomic E-state index is 0.423. The quantitative estimate of drug-likeness (QED) is 0.834. The lowest BCUT2D eigenvalue weighted by Crippen LogP contribution is -2.35. The molecule has 1 aliphatic rings. The van der Waals surface area contributed by atoms with Gasteiger partial charge in [-0.2, -0.15) is 4.31 Å². The van der Waals surface area contributed by atoms with Gasteiger partial charge in [0.05, 0.1) is 4.90 Å². The van der Waals surface area contributed by atoms with Crippen molar-refractivity contribution in [2.45, 2.75) is 31.6 Å². The Bertz CT molecular complexity index is 563. The van der Waals surface area contributed by atoms with Gasteiger partial charge in [-0.3, -0.25) is 0 Å². The Kier molecular flexibility index (Phi) is 4.83. The summed E-state index contributed by atoms with van der Waals surface area (Å²) < 4.78 is 26.6. The smallest absolute Gasteiger partial charge is 0.243 e. The van der Waals surface area contributed by atoms with E-state index in [1.54, 1.807) is 13.1 Å². The van der Waals surface area contributed by atoms with E-state index in [0.29, 0.717) is 11.4 Å². The first-order valence-corrected chi connectivity index (χ1v) is 8.61.